The van der Waals surface area contributed by atoms with Crippen molar-refractivity contribution in [1.82, 2.24) is 5.01 Å². The molecule has 4 nitrogen and oxygen atoms in total. The molecule has 0 saturated carbocycles. The molecule has 0 N–H and O–H groups in total. The third-order valence-electron chi connectivity index (χ3n) is 2.99. The van der Waals surface area contributed by atoms with E-state index < -0.39 is 0 Å². The average molecular weight is 398 g/mol. The van der Waals surface area contributed by atoms with Crippen LogP contribution in [0.1, 0.15) is 11.1 Å². The van der Waals surface area contributed by atoms with Gasteiger partial charge in [-0.3, -0.25) is 0 Å². The topological polar surface area (TPSA) is 34.1 Å². The number of halogens is 2. The van der Waals surface area contributed by atoms with Crippen LogP contribution in [0, 0.1) is 0 Å². The van der Waals surface area contributed by atoms with E-state index in [4.69, 9.17) is 21.1 Å². The van der Waals surface area contributed by atoms with Gasteiger partial charge in [0.05, 0.1) is 17.8 Å². The van der Waals surface area contributed by atoms with E-state index in [-0.39, 0.29) is 0 Å². The number of nitrogens with zero attached hydrogens (tertiary/aromatic N) is 2. The maximum absolute atomic E-state index is 5.90. The van der Waals surface area contributed by atoms with Gasteiger partial charge in [-0.15, -0.1) is 0 Å². The predicted molar refractivity (Wildman–Crippen MR) is 97.8 cm³/mol. The normalized spacial score (nSPS) is 10.8. The lowest BCUT2D eigenvalue weighted by atomic mass is 10.2. The van der Waals surface area contributed by atoms with Gasteiger partial charge in [-0.05, 0) is 51.3 Å². The molecule has 23 heavy (non-hydrogen) atoms. The highest BCUT2D eigenvalue weighted by Crippen LogP contribution is 2.36. The minimum atomic E-state index is 0.428. The maximum atomic E-state index is 5.90. The van der Waals surface area contributed by atoms with Crippen LogP contribution in [-0.2, 0) is 6.61 Å². The molecule has 0 amide bonds. The zero-order valence-electron chi connectivity index (χ0n) is 13.2. The summed E-state index contributed by atoms with van der Waals surface area (Å²) >= 11 is 9.42. The first-order chi connectivity index (χ1) is 11.0. The van der Waals surface area contributed by atoms with Crippen LogP contribution < -0.4 is 9.47 Å². The summed E-state index contributed by atoms with van der Waals surface area (Å²) in [5, 5.41) is 6.65. The van der Waals surface area contributed by atoms with Crippen LogP contribution in [0.5, 0.6) is 11.5 Å². The first-order valence-electron chi connectivity index (χ1n) is 6.95. The maximum Gasteiger partial charge on any atom is 0.175 e. The Morgan fingerprint density at radius 2 is 1.91 bits per heavy atom. The molecule has 0 aliphatic rings. The lowest BCUT2D eigenvalue weighted by Crippen LogP contribution is -2.03. The molecular weight excluding hydrogens is 380 g/mol. The van der Waals surface area contributed by atoms with Gasteiger partial charge in [-0.25, -0.2) is 0 Å². The van der Waals surface area contributed by atoms with Crippen molar-refractivity contribution in [2.75, 3.05) is 21.2 Å². The van der Waals surface area contributed by atoms with E-state index in [0.717, 1.165) is 15.6 Å². The molecule has 0 bridgehead atoms. The van der Waals surface area contributed by atoms with Gasteiger partial charge in [0, 0.05) is 19.1 Å². The number of hydrazone groups is 1. The van der Waals surface area contributed by atoms with Gasteiger partial charge in [0.2, 0.25) is 0 Å². The minimum Gasteiger partial charge on any atom is -0.493 e. The first kappa shape index (κ1) is 17.6. The molecule has 0 heterocycles. The average Bonchev–Trinajstić information content (AvgIpc) is 2.53. The molecule has 2 rings (SSSR count). The van der Waals surface area contributed by atoms with Crippen molar-refractivity contribution in [2.24, 2.45) is 5.10 Å². The highest BCUT2D eigenvalue weighted by Gasteiger charge is 2.11. The molecule has 2 aromatic rings. The second-order valence-corrected chi connectivity index (χ2v) is 6.33. The van der Waals surface area contributed by atoms with Crippen molar-refractivity contribution < 1.29 is 9.47 Å². The van der Waals surface area contributed by atoms with Gasteiger partial charge in [-0.1, -0.05) is 23.7 Å². The van der Waals surface area contributed by atoms with Crippen LogP contribution in [-0.4, -0.2) is 32.4 Å². The number of hydrogen-bond donors (Lipinski definition) is 0. The van der Waals surface area contributed by atoms with Crippen LogP contribution in [0.25, 0.3) is 0 Å². The van der Waals surface area contributed by atoms with Gasteiger partial charge in [-0.2, -0.15) is 5.10 Å². The van der Waals surface area contributed by atoms with E-state index in [9.17, 15) is 0 Å². The van der Waals surface area contributed by atoms with E-state index in [0.29, 0.717) is 23.1 Å². The van der Waals surface area contributed by atoms with Gasteiger partial charge in [0.15, 0.2) is 11.5 Å². The summed E-state index contributed by atoms with van der Waals surface area (Å²) in [6.07, 6.45) is 1.76. The Hall–Kier alpha value is -1.72. The number of benzene rings is 2. The summed E-state index contributed by atoms with van der Waals surface area (Å²) in [7, 11) is 5.35. The lowest BCUT2D eigenvalue weighted by molar-refractivity contribution is 0.282. The van der Waals surface area contributed by atoms with Gasteiger partial charge in [0.25, 0.3) is 0 Å². The summed E-state index contributed by atoms with van der Waals surface area (Å²) in [5.41, 5.74) is 1.95. The molecule has 0 fully saturated rings. The fraction of sp³-hybridized carbons (Fsp3) is 0.235. The fourth-order valence-corrected chi connectivity index (χ4v) is 2.57. The number of rotatable bonds is 6. The Balaban J connectivity index is 2.19. The SMILES string of the molecule is COc1cc(/C=N/N(C)C)cc(Br)c1OCc1ccc(Cl)cc1. The second-order valence-electron chi connectivity index (χ2n) is 5.04. The standard InChI is InChI=1S/C17H18BrClN2O2/c1-21(2)20-10-13-8-15(18)17(16(9-13)22-3)23-11-12-4-6-14(19)7-5-12/h4-10H,11H2,1-3H3/b20-10+. The zero-order valence-corrected chi connectivity index (χ0v) is 15.6. The molecule has 0 atom stereocenters. The highest BCUT2D eigenvalue weighted by molar-refractivity contribution is 9.10. The summed E-state index contributed by atoms with van der Waals surface area (Å²) in [5.74, 6) is 1.30. The summed E-state index contributed by atoms with van der Waals surface area (Å²) < 4.78 is 12.1. The predicted octanol–water partition coefficient (Wildman–Crippen LogP) is 4.59. The summed E-state index contributed by atoms with van der Waals surface area (Å²) in [6, 6.07) is 11.4. The van der Waals surface area contributed by atoms with Crippen LogP contribution in [0.2, 0.25) is 5.02 Å². The molecule has 0 saturated heterocycles. The summed E-state index contributed by atoms with van der Waals surface area (Å²) in [6.45, 7) is 0.428. The Bertz CT molecular complexity index is 688. The number of methoxy groups -OCH3 is 1. The molecule has 0 aliphatic carbocycles. The van der Waals surface area contributed by atoms with Crippen LogP contribution in [0.15, 0.2) is 46.0 Å². The van der Waals surface area contributed by atoms with Crippen molar-refractivity contribution in [1.29, 1.82) is 0 Å². The Labute approximate surface area is 149 Å². The van der Waals surface area contributed by atoms with Gasteiger partial charge < -0.3 is 14.5 Å². The Morgan fingerprint density at radius 3 is 2.52 bits per heavy atom. The molecular formula is C17H18BrClN2O2. The molecule has 0 aromatic heterocycles. The van der Waals surface area contributed by atoms with Crippen LogP contribution in [0.3, 0.4) is 0 Å². The van der Waals surface area contributed by atoms with Crippen LogP contribution >= 0.6 is 27.5 Å². The number of ether oxygens (including phenoxy) is 2. The van der Waals surface area contributed by atoms with E-state index in [1.165, 1.54) is 0 Å². The van der Waals surface area contributed by atoms with Crippen molar-refractivity contribution in [3.05, 3.63) is 57.0 Å². The largest absolute Gasteiger partial charge is 0.493 e. The Morgan fingerprint density at radius 1 is 1.22 bits per heavy atom. The quantitative estimate of drug-likeness (QED) is 0.528. The molecule has 0 radical (unpaired) electrons. The Kier molecular flexibility index (Phi) is 6.30. The van der Waals surface area contributed by atoms with Gasteiger partial charge in [0.1, 0.15) is 6.61 Å². The molecule has 2 aromatic carbocycles. The van der Waals surface area contributed by atoms with Crippen molar-refractivity contribution in [2.45, 2.75) is 6.61 Å². The van der Waals surface area contributed by atoms with E-state index in [1.54, 1.807) is 18.3 Å². The van der Waals surface area contributed by atoms with Crippen molar-refractivity contribution in [3.8, 4) is 11.5 Å². The molecule has 0 unspecified atom stereocenters. The second kappa shape index (κ2) is 8.22. The third kappa shape index (κ3) is 5.15. The molecule has 6 heteroatoms. The zero-order chi connectivity index (χ0) is 16.8. The van der Waals surface area contributed by atoms with E-state index >= 15 is 0 Å². The highest BCUT2D eigenvalue weighted by atomic mass is 79.9. The lowest BCUT2D eigenvalue weighted by Gasteiger charge is -2.14. The third-order valence-corrected chi connectivity index (χ3v) is 3.83. The van der Waals surface area contributed by atoms with Crippen molar-refractivity contribution in [3.63, 3.8) is 0 Å². The van der Waals surface area contributed by atoms with Crippen molar-refractivity contribution >= 4 is 33.7 Å². The van der Waals surface area contributed by atoms with Crippen LogP contribution in [0.4, 0.5) is 0 Å². The minimum absolute atomic E-state index is 0.428. The first-order valence-corrected chi connectivity index (χ1v) is 8.13. The number of hydrogen-bond acceptors (Lipinski definition) is 4. The molecule has 0 spiro atoms. The fourth-order valence-electron chi connectivity index (χ4n) is 1.87. The van der Waals surface area contributed by atoms with E-state index in [1.807, 2.05) is 50.5 Å². The monoisotopic (exact) mass is 396 g/mol. The van der Waals surface area contributed by atoms with Gasteiger partial charge >= 0.3 is 0 Å². The summed E-state index contributed by atoms with van der Waals surface area (Å²) in [4.78, 5) is 0. The smallest absolute Gasteiger partial charge is 0.175 e. The molecule has 0 aliphatic heterocycles. The van der Waals surface area contributed by atoms with E-state index in [2.05, 4.69) is 21.0 Å². The molecule has 122 valence electrons.